The number of imide groups is 2. The van der Waals surface area contributed by atoms with E-state index in [0.29, 0.717) is 52.9 Å². The zero-order valence-electron chi connectivity index (χ0n) is 21.5. The molecule has 0 aromatic heterocycles. The maximum absolute atomic E-state index is 13.1. The molecular weight excluding hydrogens is 647 g/mol. The molecule has 1 aromatic carbocycles. The molecule has 3 rings (SSSR count). The van der Waals surface area contributed by atoms with Crippen LogP contribution < -0.4 is 5.32 Å². The number of amides is 4. The fourth-order valence-electron chi connectivity index (χ4n) is 3.95. The summed E-state index contributed by atoms with van der Waals surface area (Å²) in [5, 5.41) is 2.16. The van der Waals surface area contributed by atoms with Gasteiger partial charge in [-0.2, -0.15) is 0 Å². The van der Waals surface area contributed by atoms with Crippen molar-refractivity contribution in [2.75, 3.05) is 76.2 Å². The third-order valence-electron chi connectivity index (χ3n) is 5.80. The summed E-state index contributed by atoms with van der Waals surface area (Å²) in [4.78, 5) is 50.8. The summed E-state index contributed by atoms with van der Waals surface area (Å²) in [5.41, 5.74) is 0.128. The van der Waals surface area contributed by atoms with Crippen LogP contribution in [0, 0.1) is 0 Å². The number of carbonyl (C=O) groups excluding carboxylic acids is 4. The minimum absolute atomic E-state index is 0.0287. The monoisotopic (exact) mass is 680 g/mol. The molecule has 2 aliphatic heterocycles. The minimum atomic E-state index is -1.61. The second-order valence-corrected chi connectivity index (χ2v) is 11.0. The van der Waals surface area contributed by atoms with Crippen molar-refractivity contribution in [2.24, 2.45) is 0 Å². The first-order chi connectivity index (χ1) is 19.0. The predicted molar refractivity (Wildman–Crippen MR) is 147 cm³/mol. The van der Waals surface area contributed by atoms with Gasteiger partial charge in [-0.15, -0.1) is 0 Å². The molecule has 0 aliphatic carbocycles. The number of carbonyl (C=O) groups is 4. The van der Waals surface area contributed by atoms with E-state index >= 15 is 0 Å². The molecule has 1 saturated heterocycles. The second-order valence-electron chi connectivity index (χ2n) is 8.43. The van der Waals surface area contributed by atoms with Gasteiger partial charge in [-0.1, -0.05) is 28.7 Å². The van der Waals surface area contributed by atoms with Crippen LogP contribution in [0.15, 0.2) is 23.1 Å². The van der Waals surface area contributed by atoms with Crippen molar-refractivity contribution in [3.05, 3.63) is 29.3 Å². The number of alkyl halides is 1. The van der Waals surface area contributed by atoms with Gasteiger partial charge in [-0.25, -0.2) is 0 Å². The average molecular weight is 681 g/mol. The van der Waals surface area contributed by atoms with E-state index in [0.717, 1.165) is 15.9 Å². The number of hydrogen-bond donors (Lipinski definition) is 1. The van der Waals surface area contributed by atoms with Gasteiger partial charge in [0.25, 0.3) is 11.8 Å². The summed E-state index contributed by atoms with van der Waals surface area (Å²) >= 11 is 0.637. The highest BCUT2D eigenvalue weighted by Gasteiger charge is 2.47. The minimum Gasteiger partial charge on any atom is -0.611 e. The quantitative estimate of drug-likeness (QED) is 0.0728. The van der Waals surface area contributed by atoms with E-state index in [1.54, 1.807) is 6.07 Å². The molecule has 216 valence electrons. The summed E-state index contributed by atoms with van der Waals surface area (Å²) in [6.07, 6.45) is 0.0841. The van der Waals surface area contributed by atoms with Crippen molar-refractivity contribution >= 4 is 57.4 Å². The van der Waals surface area contributed by atoms with Gasteiger partial charge in [-0.05, 0) is 29.7 Å². The second kappa shape index (κ2) is 17.2. The number of benzene rings is 1. The number of nitrogens with zero attached hydrogens (tertiary/aromatic N) is 1. The standard InChI is InChI=1S/C25H33IN2O10S/c26-6-7-34-8-9-35-10-11-36-12-13-37-14-15-38-16-17-39(33)20-3-1-2-18-22(20)25(32)28(24(18)31)19-4-5-21(29)27-23(19)30/h1-3,19H,4-17H2,(H,27,29,30). The van der Waals surface area contributed by atoms with Crippen molar-refractivity contribution in [1.82, 2.24) is 10.2 Å². The first-order valence-electron chi connectivity index (χ1n) is 12.6. The fourth-order valence-corrected chi connectivity index (χ4v) is 5.41. The number of nitrogens with one attached hydrogen (secondary N) is 1. The summed E-state index contributed by atoms with van der Waals surface area (Å²) in [5.74, 6) is -2.34. The Labute approximate surface area is 243 Å². The molecule has 1 aromatic rings. The number of halogens is 1. The van der Waals surface area contributed by atoms with E-state index in [-0.39, 0.29) is 41.2 Å². The summed E-state index contributed by atoms with van der Waals surface area (Å²) in [6.45, 7) is 4.45. The molecule has 2 heterocycles. The Kier molecular flexibility index (Phi) is 14.1. The zero-order valence-corrected chi connectivity index (χ0v) is 24.5. The van der Waals surface area contributed by atoms with Gasteiger partial charge >= 0.3 is 0 Å². The maximum Gasteiger partial charge on any atom is 0.267 e. The molecule has 39 heavy (non-hydrogen) atoms. The summed E-state index contributed by atoms with van der Waals surface area (Å²) in [7, 11) is 0. The molecular formula is C25H33IN2O10S. The topological polar surface area (TPSA) is 153 Å². The molecule has 14 heteroatoms. The molecule has 0 saturated carbocycles. The Hall–Kier alpha value is -1.66. The molecule has 2 atom stereocenters. The van der Waals surface area contributed by atoms with Crippen LogP contribution in [0.3, 0.4) is 0 Å². The van der Waals surface area contributed by atoms with Crippen LogP contribution in [0.4, 0.5) is 0 Å². The van der Waals surface area contributed by atoms with Gasteiger partial charge in [0.15, 0.2) is 4.90 Å². The van der Waals surface area contributed by atoms with Crippen LogP contribution >= 0.6 is 22.6 Å². The number of piperidine rings is 1. The molecule has 4 amide bonds. The first kappa shape index (κ1) is 31.9. The molecule has 2 unspecified atom stereocenters. The van der Waals surface area contributed by atoms with E-state index in [9.17, 15) is 23.7 Å². The van der Waals surface area contributed by atoms with Crippen molar-refractivity contribution < 1.29 is 47.4 Å². The lowest BCUT2D eigenvalue weighted by Crippen LogP contribution is -2.54. The molecule has 1 N–H and O–H groups in total. The van der Waals surface area contributed by atoms with E-state index in [1.807, 2.05) is 0 Å². The largest absolute Gasteiger partial charge is 0.611 e. The van der Waals surface area contributed by atoms with Gasteiger partial charge in [-0.3, -0.25) is 29.4 Å². The molecule has 12 nitrogen and oxygen atoms in total. The molecule has 0 bridgehead atoms. The van der Waals surface area contributed by atoms with E-state index < -0.39 is 40.8 Å². The number of fused-ring (bicyclic) bond motifs is 1. The Morgan fingerprint density at radius 3 is 1.97 bits per heavy atom. The smallest absolute Gasteiger partial charge is 0.267 e. The summed E-state index contributed by atoms with van der Waals surface area (Å²) < 4.78 is 40.9. The normalized spacial score (nSPS) is 18.0. The lowest BCUT2D eigenvalue weighted by molar-refractivity contribution is -0.136. The highest BCUT2D eigenvalue weighted by Crippen LogP contribution is 2.32. The van der Waals surface area contributed by atoms with E-state index in [1.165, 1.54) is 12.1 Å². The fraction of sp³-hybridized carbons (Fsp3) is 0.600. The maximum atomic E-state index is 13.1. The van der Waals surface area contributed by atoms with Crippen LogP contribution in [0.1, 0.15) is 33.6 Å². The Morgan fingerprint density at radius 2 is 1.41 bits per heavy atom. The Morgan fingerprint density at radius 1 is 0.846 bits per heavy atom. The average Bonchev–Trinajstić information content (AvgIpc) is 3.18. The van der Waals surface area contributed by atoms with E-state index in [2.05, 4.69) is 27.9 Å². The van der Waals surface area contributed by atoms with Gasteiger partial charge in [0, 0.05) is 10.8 Å². The number of rotatable bonds is 19. The molecule has 2 aliphatic rings. The van der Waals surface area contributed by atoms with Crippen molar-refractivity contribution in [3.8, 4) is 0 Å². The van der Waals surface area contributed by atoms with Crippen LogP contribution in [-0.4, -0.2) is 115 Å². The highest BCUT2D eigenvalue weighted by atomic mass is 127. The first-order valence-corrected chi connectivity index (χ1v) is 15.5. The van der Waals surface area contributed by atoms with Gasteiger partial charge in [0.1, 0.15) is 17.4 Å². The molecule has 1 fully saturated rings. The van der Waals surface area contributed by atoms with Crippen molar-refractivity contribution in [3.63, 3.8) is 0 Å². The Bertz CT molecular complexity index is 998. The van der Waals surface area contributed by atoms with E-state index in [4.69, 9.17) is 23.7 Å². The van der Waals surface area contributed by atoms with Gasteiger partial charge in [0.2, 0.25) is 11.8 Å². The molecule has 0 spiro atoms. The predicted octanol–water partition coefficient (Wildman–Crippen LogP) is 0.713. The van der Waals surface area contributed by atoms with Gasteiger partial charge < -0.3 is 28.2 Å². The highest BCUT2D eigenvalue weighted by molar-refractivity contribution is 14.1. The van der Waals surface area contributed by atoms with Crippen LogP contribution in [0.25, 0.3) is 0 Å². The lowest BCUT2D eigenvalue weighted by Gasteiger charge is -2.27. The number of hydrogen-bond acceptors (Lipinski definition) is 10. The van der Waals surface area contributed by atoms with Crippen LogP contribution in [0.5, 0.6) is 0 Å². The Balaban J connectivity index is 1.31. The lowest BCUT2D eigenvalue weighted by atomic mass is 10.0. The van der Waals surface area contributed by atoms with Crippen molar-refractivity contribution in [1.29, 1.82) is 0 Å². The zero-order chi connectivity index (χ0) is 28.0. The molecule has 0 radical (unpaired) electrons. The third-order valence-corrected chi connectivity index (χ3v) is 7.61. The van der Waals surface area contributed by atoms with Gasteiger partial charge in [0.05, 0.1) is 71.6 Å². The number of ether oxygens (including phenoxy) is 5. The summed E-state index contributed by atoms with van der Waals surface area (Å²) in [6, 6.07) is 3.47. The SMILES string of the molecule is O=C1CCC(N2C(=O)c3cccc([S+]([O-])CCOCCOCCOCCOCCOCCI)c3C2=O)C(=O)N1. The van der Waals surface area contributed by atoms with Crippen molar-refractivity contribution in [2.45, 2.75) is 23.8 Å². The van der Waals surface area contributed by atoms with Crippen LogP contribution in [0.2, 0.25) is 0 Å². The third kappa shape index (κ3) is 9.45. The van der Waals surface area contributed by atoms with Crippen LogP contribution in [-0.2, 0) is 44.4 Å².